The SMILES string of the molecule is Cc1cc(F)cc(CCc2nc(-c3ccc4nccnc4c3)c(-c3ccn(C(C)C)n3)[nH]2)c1. The number of hydrogen-bond acceptors (Lipinski definition) is 4. The molecule has 0 bridgehead atoms. The summed E-state index contributed by atoms with van der Waals surface area (Å²) in [6.45, 7) is 6.10. The molecule has 0 fully saturated rings. The average molecular weight is 441 g/mol. The summed E-state index contributed by atoms with van der Waals surface area (Å²) in [5, 5.41) is 4.75. The van der Waals surface area contributed by atoms with E-state index in [2.05, 4.69) is 28.8 Å². The standard InChI is InChI=1S/C26H25FN6/c1-16(2)33-11-8-22(32-33)26-25(19-5-6-21-23(15-19)29-10-9-28-21)30-24(31-26)7-4-18-12-17(3)13-20(27)14-18/h5-6,8-16H,4,7H2,1-3H3,(H,30,31). The van der Waals surface area contributed by atoms with Crippen molar-refractivity contribution in [1.82, 2.24) is 29.7 Å². The normalized spacial score (nSPS) is 11.5. The van der Waals surface area contributed by atoms with Crippen molar-refractivity contribution in [1.29, 1.82) is 0 Å². The summed E-state index contributed by atoms with van der Waals surface area (Å²) in [5.41, 5.74) is 6.99. The molecule has 0 aliphatic carbocycles. The number of rotatable bonds is 6. The van der Waals surface area contributed by atoms with Gasteiger partial charge >= 0.3 is 0 Å². The third-order valence-corrected chi connectivity index (χ3v) is 5.64. The van der Waals surface area contributed by atoms with Gasteiger partial charge in [0.1, 0.15) is 17.3 Å². The monoisotopic (exact) mass is 440 g/mol. The Kier molecular flexibility index (Phi) is 5.46. The second-order valence-corrected chi connectivity index (χ2v) is 8.58. The second kappa shape index (κ2) is 8.58. The van der Waals surface area contributed by atoms with Crippen LogP contribution in [-0.4, -0.2) is 29.7 Å². The fourth-order valence-electron chi connectivity index (χ4n) is 4.02. The van der Waals surface area contributed by atoms with Gasteiger partial charge in [-0.3, -0.25) is 14.6 Å². The molecule has 0 radical (unpaired) electrons. The van der Waals surface area contributed by atoms with Crippen LogP contribution < -0.4 is 0 Å². The van der Waals surface area contributed by atoms with Gasteiger partial charge in [0.25, 0.3) is 0 Å². The molecule has 0 unspecified atom stereocenters. The zero-order chi connectivity index (χ0) is 22.9. The van der Waals surface area contributed by atoms with Gasteiger partial charge in [-0.15, -0.1) is 0 Å². The lowest BCUT2D eigenvalue weighted by Crippen LogP contribution is -2.01. The molecular formula is C26H25FN6. The van der Waals surface area contributed by atoms with Crippen molar-refractivity contribution in [3.8, 4) is 22.6 Å². The van der Waals surface area contributed by atoms with Crippen LogP contribution in [0, 0.1) is 12.7 Å². The minimum Gasteiger partial charge on any atom is -0.340 e. The average Bonchev–Trinajstić information content (AvgIpc) is 3.44. The molecule has 0 saturated carbocycles. The smallest absolute Gasteiger partial charge is 0.123 e. The molecule has 3 heterocycles. The maximum Gasteiger partial charge on any atom is 0.123 e. The first kappa shape index (κ1) is 21.0. The first-order valence-electron chi connectivity index (χ1n) is 11.1. The van der Waals surface area contributed by atoms with Crippen LogP contribution in [0.2, 0.25) is 0 Å². The molecule has 0 aliphatic heterocycles. The predicted molar refractivity (Wildman–Crippen MR) is 127 cm³/mol. The molecule has 0 aliphatic rings. The van der Waals surface area contributed by atoms with Crippen LogP contribution in [-0.2, 0) is 12.8 Å². The Hall–Kier alpha value is -3.87. The molecule has 3 aromatic heterocycles. The lowest BCUT2D eigenvalue weighted by Gasteiger charge is -2.04. The highest BCUT2D eigenvalue weighted by atomic mass is 19.1. The van der Waals surface area contributed by atoms with E-state index in [9.17, 15) is 4.39 Å². The van der Waals surface area contributed by atoms with E-state index in [1.807, 2.05) is 48.1 Å². The first-order chi connectivity index (χ1) is 16.0. The minimum atomic E-state index is -0.206. The lowest BCUT2D eigenvalue weighted by molar-refractivity contribution is 0.534. The minimum absolute atomic E-state index is 0.206. The lowest BCUT2D eigenvalue weighted by atomic mass is 10.1. The molecule has 0 amide bonds. The number of H-pyrrole nitrogens is 1. The van der Waals surface area contributed by atoms with E-state index < -0.39 is 0 Å². The fraction of sp³-hybridized carbons (Fsp3) is 0.231. The van der Waals surface area contributed by atoms with Gasteiger partial charge < -0.3 is 4.98 Å². The molecule has 5 aromatic rings. The van der Waals surface area contributed by atoms with E-state index in [0.717, 1.165) is 50.6 Å². The maximum atomic E-state index is 13.8. The van der Waals surface area contributed by atoms with E-state index in [0.29, 0.717) is 12.8 Å². The van der Waals surface area contributed by atoms with Crippen molar-refractivity contribution < 1.29 is 4.39 Å². The number of nitrogens with zero attached hydrogens (tertiary/aromatic N) is 5. The van der Waals surface area contributed by atoms with Crippen molar-refractivity contribution >= 4 is 11.0 Å². The van der Waals surface area contributed by atoms with E-state index in [-0.39, 0.29) is 11.9 Å². The van der Waals surface area contributed by atoms with Crippen LogP contribution in [0.15, 0.2) is 61.1 Å². The van der Waals surface area contributed by atoms with Crippen molar-refractivity contribution in [3.05, 3.63) is 83.8 Å². The molecule has 166 valence electrons. The van der Waals surface area contributed by atoms with Gasteiger partial charge in [-0.1, -0.05) is 12.1 Å². The Bertz CT molecular complexity index is 1410. The molecule has 0 saturated heterocycles. The van der Waals surface area contributed by atoms with Gasteiger partial charge in [0, 0.05) is 36.6 Å². The Balaban J connectivity index is 1.54. The number of benzene rings is 2. The van der Waals surface area contributed by atoms with Gasteiger partial charge in [-0.2, -0.15) is 5.10 Å². The third kappa shape index (κ3) is 4.39. The topological polar surface area (TPSA) is 72.3 Å². The quantitative estimate of drug-likeness (QED) is 0.368. The van der Waals surface area contributed by atoms with Gasteiger partial charge in [0.15, 0.2) is 0 Å². The van der Waals surface area contributed by atoms with E-state index in [4.69, 9.17) is 10.1 Å². The van der Waals surface area contributed by atoms with E-state index in [1.54, 1.807) is 24.5 Å². The Labute approximate surface area is 191 Å². The summed E-state index contributed by atoms with van der Waals surface area (Å²) in [4.78, 5) is 17.2. The summed E-state index contributed by atoms with van der Waals surface area (Å²) >= 11 is 0. The molecule has 7 heteroatoms. The zero-order valence-electron chi connectivity index (χ0n) is 18.9. The highest BCUT2D eigenvalue weighted by Crippen LogP contribution is 2.31. The molecule has 0 spiro atoms. The molecule has 6 nitrogen and oxygen atoms in total. The first-order valence-corrected chi connectivity index (χ1v) is 11.1. The van der Waals surface area contributed by atoms with Crippen LogP contribution in [0.1, 0.15) is 36.8 Å². The Morgan fingerprint density at radius 1 is 0.970 bits per heavy atom. The molecule has 1 N–H and O–H groups in total. The largest absolute Gasteiger partial charge is 0.340 e. The van der Waals surface area contributed by atoms with Crippen molar-refractivity contribution in [2.75, 3.05) is 0 Å². The Morgan fingerprint density at radius 3 is 2.55 bits per heavy atom. The van der Waals surface area contributed by atoms with Crippen LogP contribution >= 0.6 is 0 Å². The van der Waals surface area contributed by atoms with Crippen LogP contribution in [0.25, 0.3) is 33.7 Å². The number of halogens is 1. The fourth-order valence-corrected chi connectivity index (χ4v) is 4.02. The van der Waals surface area contributed by atoms with Gasteiger partial charge in [0.05, 0.1) is 22.4 Å². The summed E-state index contributed by atoms with van der Waals surface area (Å²) < 4.78 is 15.7. The van der Waals surface area contributed by atoms with E-state index in [1.165, 1.54) is 0 Å². The second-order valence-electron chi connectivity index (χ2n) is 8.58. The van der Waals surface area contributed by atoms with Gasteiger partial charge in [0.2, 0.25) is 0 Å². The van der Waals surface area contributed by atoms with E-state index >= 15 is 0 Å². The number of hydrogen-bond donors (Lipinski definition) is 1. The van der Waals surface area contributed by atoms with Crippen LogP contribution in [0.4, 0.5) is 4.39 Å². The molecular weight excluding hydrogens is 415 g/mol. The third-order valence-electron chi connectivity index (χ3n) is 5.64. The molecule has 33 heavy (non-hydrogen) atoms. The number of imidazole rings is 1. The van der Waals surface area contributed by atoms with Crippen LogP contribution in [0.5, 0.6) is 0 Å². The maximum absolute atomic E-state index is 13.8. The summed E-state index contributed by atoms with van der Waals surface area (Å²) in [5.74, 6) is 0.627. The number of fused-ring (bicyclic) bond motifs is 1. The number of aromatic nitrogens is 6. The number of aryl methyl sites for hydroxylation is 3. The summed E-state index contributed by atoms with van der Waals surface area (Å²) in [7, 11) is 0. The van der Waals surface area contributed by atoms with Crippen molar-refractivity contribution in [2.24, 2.45) is 0 Å². The van der Waals surface area contributed by atoms with Crippen molar-refractivity contribution in [3.63, 3.8) is 0 Å². The molecule has 0 atom stereocenters. The molecule has 5 rings (SSSR count). The molecule has 2 aromatic carbocycles. The van der Waals surface area contributed by atoms with Crippen molar-refractivity contribution in [2.45, 2.75) is 39.7 Å². The zero-order valence-corrected chi connectivity index (χ0v) is 18.9. The number of aromatic amines is 1. The highest BCUT2D eigenvalue weighted by Gasteiger charge is 2.18. The van der Waals surface area contributed by atoms with Crippen LogP contribution in [0.3, 0.4) is 0 Å². The Morgan fingerprint density at radius 2 is 1.79 bits per heavy atom. The van der Waals surface area contributed by atoms with Gasteiger partial charge in [-0.05, 0) is 68.7 Å². The summed E-state index contributed by atoms with van der Waals surface area (Å²) in [6.07, 6.45) is 6.70. The summed E-state index contributed by atoms with van der Waals surface area (Å²) in [6, 6.07) is 13.4. The van der Waals surface area contributed by atoms with Gasteiger partial charge in [-0.25, -0.2) is 9.37 Å². The highest BCUT2D eigenvalue weighted by molar-refractivity contribution is 5.84. The number of nitrogens with one attached hydrogen (secondary N) is 1. The predicted octanol–water partition coefficient (Wildman–Crippen LogP) is 5.70.